The minimum Gasteiger partial charge on any atom is -0.0843 e. The summed E-state index contributed by atoms with van der Waals surface area (Å²) in [6.45, 7) is 8.83. The third-order valence-electron chi connectivity index (χ3n) is 3.62. The maximum atomic E-state index is 5.96. The maximum absolute atomic E-state index is 5.96. The normalized spacial score (nSPS) is 10.7. The molecule has 1 heteroatoms. The van der Waals surface area contributed by atoms with Gasteiger partial charge in [0.2, 0.25) is 0 Å². The zero-order chi connectivity index (χ0) is 13.3. The van der Waals surface area contributed by atoms with Gasteiger partial charge < -0.3 is 0 Å². The molecule has 0 aliphatic carbocycles. The lowest BCUT2D eigenvalue weighted by Crippen LogP contribution is -1.97. The van der Waals surface area contributed by atoms with E-state index in [2.05, 4.69) is 45.9 Å². The second-order valence-electron chi connectivity index (χ2n) is 4.85. The van der Waals surface area contributed by atoms with Crippen molar-refractivity contribution in [1.82, 2.24) is 0 Å². The van der Waals surface area contributed by atoms with E-state index in [1.807, 2.05) is 12.1 Å². The third-order valence-corrected chi connectivity index (χ3v) is 3.87. The van der Waals surface area contributed by atoms with Crippen molar-refractivity contribution in [2.45, 2.75) is 34.1 Å². The lowest BCUT2D eigenvalue weighted by Gasteiger charge is -2.17. The van der Waals surface area contributed by atoms with Crippen LogP contribution < -0.4 is 0 Å². The van der Waals surface area contributed by atoms with Gasteiger partial charge in [-0.25, -0.2) is 0 Å². The molecule has 2 aromatic rings. The lowest BCUT2D eigenvalue weighted by molar-refractivity contribution is 1.07. The maximum Gasteiger partial charge on any atom is 0.0406 e. The molecule has 0 N–H and O–H groups in total. The van der Waals surface area contributed by atoms with E-state index in [0.29, 0.717) is 0 Å². The van der Waals surface area contributed by atoms with Gasteiger partial charge in [0.15, 0.2) is 0 Å². The molecular weight excluding hydrogens is 240 g/mol. The highest BCUT2D eigenvalue weighted by Gasteiger charge is 2.11. The second-order valence-corrected chi connectivity index (χ2v) is 5.29. The Morgan fingerprint density at radius 3 is 2.11 bits per heavy atom. The highest BCUT2D eigenvalue weighted by Crippen LogP contribution is 2.32. The fourth-order valence-corrected chi connectivity index (χ4v) is 2.96. The van der Waals surface area contributed by atoms with Crippen molar-refractivity contribution < 1.29 is 0 Å². The summed E-state index contributed by atoms with van der Waals surface area (Å²) in [5, 5.41) is 0.789. The van der Waals surface area contributed by atoms with Gasteiger partial charge >= 0.3 is 0 Å². The topological polar surface area (TPSA) is 0 Å². The molecule has 0 aliphatic rings. The van der Waals surface area contributed by atoms with Crippen LogP contribution in [0.2, 0.25) is 5.02 Å². The molecule has 0 radical (unpaired) electrons. The average Bonchev–Trinajstić information content (AvgIpc) is 2.31. The van der Waals surface area contributed by atoms with E-state index in [9.17, 15) is 0 Å². The van der Waals surface area contributed by atoms with Crippen molar-refractivity contribution in [2.75, 3.05) is 0 Å². The number of hydrogen-bond acceptors (Lipinski definition) is 0. The molecule has 0 amide bonds. The predicted molar refractivity (Wildman–Crippen MR) is 80.5 cm³/mol. The molecular formula is C17H19Cl. The van der Waals surface area contributed by atoms with Gasteiger partial charge in [-0.15, -0.1) is 0 Å². The van der Waals surface area contributed by atoms with Crippen molar-refractivity contribution in [3.8, 4) is 11.1 Å². The first-order valence-corrected chi connectivity index (χ1v) is 6.78. The summed E-state index contributed by atoms with van der Waals surface area (Å²) in [6, 6.07) is 10.4. The molecule has 0 spiro atoms. The van der Waals surface area contributed by atoms with E-state index >= 15 is 0 Å². The first kappa shape index (κ1) is 13.2. The number of aryl methyl sites for hydroxylation is 2. The molecule has 0 nitrogen and oxygen atoms in total. The Balaban J connectivity index is 2.67. The summed E-state index contributed by atoms with van der Waals surface area (Å²) < 4.78 is 0. The van der Waals surface area contributed by atoms with Crippen LogP contribution in [0.15, 0.2) is 30.3 Å². The monoisotopic (exact) mass is 258 g/mol. The van der Waals surface area contributed by atoms with Gasteiger partial charge in [0.05, 0.1) is 0 Å². The predicted octanol–water partition coefficient (Wildman–Crippen LogP) is 5.49. The number of halogens is 1. The highest BCUT2D eigenvalue weighted by molar-refractivity contribution is 6.30. The zero-order valence-electron chi connectivity index (χ0n) is 11.5. The van der Waals surface area contributed by atoms with Crippen molar-refractivity contribution in [2.24, 2.45) is 0 Å². The lowest BCUT2D eigenvalue weighted by atomic mass is 9.88. The summed E-state index contributed by atoms with van der Waals surface area (Å²) in [6.07, 6.45) is 1.08. The molecule has 0 unspecified atom stereocenters. The largest absolute Gasteiger partial charge is 0.0843 e. The fourth-order valence-electron chi connectivity index (χ4n) is 2.83. The van der Waals surface area contributed by atoms with E-state index in [4.69, 9.17) is 11.6 Å². The number of rotatable bonds is 2. The molecule has 0 bridgehead atoms. The molecule has 94 valence electrons. The van der Waals surface area contributed by atoms with Crippen LogP contribution in [-0.4, -0.2) is 0 Å². The van der Waals surface area contributed by atoms with E-state index in [0.717, 1.165) is 11.4 Å². The van der Waals surface area contributed by atoms with Crippen LogP contribution in [-0.2, 0) is 6.42 Å². The molecule has 18 heavy (non-hydrogen) atoms. The summed E-state index contributed by atoms with van der Waals surface area (Å²) in [5.74, 6) is 0. The Bertz CT molecular complexity index is 565. The van der Waals surface area contributed by atoms with Gasteiger partial charge in [-0.2, -0.15) is 0 Å². The van der Waals surface area contributed by atoms with E-state index in [1.54, 1.807) is 0 Å². The van der Waals surface area contributed by atoms with Crippen molar-refractivity contribution >= 4 is 11.6 Å². The van der Waals surface area contributed by atoms with Crippen LogP contribution in [0, 0.1) is 20.8 Å². The van der Waals surface area contributed by atoms with Crippen LogP contribution in [0.5, 0.6) is 0 Å². The molecule has 2 aromatic carbocycles. The Morgan fingerprint density at radius 1 is 0.944 bits per heavy atom. The Morgan fingerprint density at radius 2 is 1.56 bits per heavy atom. The molecule has 0 fully saturated rings. The molecule has 0 heterocycles. The fraction of sp³-hybridized carbons (Fsp3) is 0.294. The SMILES string of the molecule is CCc1c(C)cc(C)c(-c2ccc(Cl)cc2)c1C. The Kier molecular flexibility index (Phi) is 3.77. The van der Waals surface area contributed by atoms with Crippen molar-refractivity contribution in [3.05, 3.63) is 57.6 Å². The minimum atomic E-state index is 0.789. The molecule has 0 saturated carbocycles. The minimum absolute atomic E-state index is 0.789. The Hall–Kier alpha value is -1.27. The smallest absolute Gasteiger partial charge is 0.0406 e. The van der Waals surface area contributed by atoms with Crippen LogP contribution in [0.4, 0.5) is 0 Å². The first-order valence-electron chi connectivity index (χ1n) is 6.40. The standard InChI is InChI=1S/C17H19Cl/c1-5-16-11(2)10-12(3)17(13(16)4)14-6-8-15(18)9-7-14/h6-10H,5H2,1-4H3. The zero-order valence-corrected chi connectivity index (χ0v) is 12.2. The van der Waals surface area contributed by atoms with Gasteiger partial charge in [-0.1, -0.05) is 36.7 Å². The van der Waals surface area contributed by atoms with Crippen LogP contribution in [0.3, 0.4) is 0 Å². The molecule has 2 rings (SSSR count). The van der Waals surface area contributed by atoms with Gasteiger partial charge in [0, 0.05) is 5.02 Å². The summed E-state index contributed by atoms with van der Waals surface area (Å²) in [4.78, 5) is 0. The van der Waals surface area contributed by atoms with Gasteiger partial charge in [-0.3, -0.25) is 0 Å². The van der Waals surface area contributed by atoms with E-state index < -0.39 is 0 Å². The van der Waals surface area contributed by atoms with Crippen LogP contribution in [0.25, 0.3) is 11.1 Å². The first-order chi connectivity index (χ1) is 8.54. The van der Waals surface area contributed by atoms with Gasteiger partial charge in [0.25, 0.3) is 0 Å². The van der Waals surface area contributed by atoms with E-state index in [-0.39, 0.29) is 0 Å². The highest BCUT2D eigenvalue weighted by atomic mass is 35.5. The van der Waals surface area contributed by atoms with E-state index in [1.165, 1.54) is 33.4 Å². The molecule has 0 saturated heterocycles. The summed E-state index contributed by atoms with van der Waals surface area (Å²) in [5.41, 5.74) is 8.20. The summed E-state index contributed by atoms with van der Waals surface area (Å²) >= 11 is 5.96. The average molecular weight is 259 g/mol. The van der Waals surface area contributed by atoms with Crippen molar-refractivity contribution in [3.63, 3.8) is 0 Å². The number of benzene rings is 2. The Labute approximate surface area is 115 Å². The third kappa shape index (κ3) is 2.30. The summed E-state index contributed by atoms with van der Waals surface area (Å²) in [7, 11) is 0. The molecule has 0 aliphatic heterocycles. The number of hydrogen-bond donors (Lipinski definition) is 0. The van der Waals surface area contributed by atoms with Gasteiger partial charge in [0.1, 0.15) is 0 Å². The molecule has 0 aromatic heterocycles. The van der Waals surface area contributed by atoms with Crippen LogP contribution >= 0.6 is 11.6 Å². The van der Waals surface area contributed by atoms with Gasteiger partial charge in [-0.05, 0) is 72.7 Å². The van der Waals surface area contributed by atoms with Crippen molar-refractivity contribution in [1.29, 1.82) is 0 Å². The second kappa shape index (κ2) is 5.16. The van der Waals surface area contributed by atoms with Crippen LogP contribution in [0.1, 0.15) is 29.2 Å². The quantitative estimate of drug-likeness (QED) is 0.668. The molecule has 0 atom stereocenters.